The minimum Gasteiger partial charge on any atom is -0.456 e. The first-order chi connectivity index (χ1) is 8.19. The lowest BCUT2D eigenvalue weighted by atomic mass is 10.1. The third-order valence-electron chi connectivity index (χ3n) is 2.76. The van der Waals surface area contributed by atoms with Crippen molar-refractivity contribution < 1.29 is 13.2 Å². The van der Waals surface area contributed by atoms with Crippen LogP contribution in [0, 0.1) is 11.6 Å². The van der Waals surface area contributed by atoms with Gasteiger partial charge in [-0.1, -0.05) is 13.3 Å². The maximum absolute atomic E-state index is 13.8. The number of hydrogen-bond acceptors (Lipinski definition) is 2. The Labute approximate surface area is 98.6 Å². The second-order valence-electron chi connectivity index (χ2n) is 4.02. The van der Waals surface area contributed by atoms with E-state index in [4.69, 9.17) is 4.42 Å². The van der Waals surface area contributed by atoms with Gasteiger partial charge in [0.2, 0.25) is 0 Å². The summed E-state index contributed by atoms with van der Waals surface area (Å²) >= 11 is 0. The number of hydrogen-bond donors (Lipinski definition) is 1. The van der Waals surface area contributed by atoms with Crippen molar-refractivity contribution in [1.82, 2.24) is 5.32 Å². The van der Waals surface area contributed by atoms with Crippen LogP contribution in [-0.4, -0.2) is 7.05 Å². The molecule has 0 saturated carbocycles. The van der Waals surface area contributed by atoms with Crippen LogP contribution in [0.5, 0.6) is 0 Å². The van der Waals surface area contributed by atoms with Gasteiger partial charge >= 0.3 is 0 Å². The third-order valence-corrected chi connectivity index (χ3v) is 2.76. The van der Waals surface area contributed by atoms with E-state index >= 15 is 0 Å². The maximum atomic E-state index is 13.8. The van der Waals surface area contributed by atoms with Gasteiger partial charge in [-0.25, -0.2) is 8.78 Å². The average molecular weight is 239 g/mol. The Morgan fingerprint density at radius 2 is 1.94 bits per heavy atom. The molecule has 1 aromatic heterocycles. The van der Waals surface area contributed by atoms with E-state index in [0.29, 0.717) is 18.7 Å². The Hall–Kier alpha value is -1.42. The fourth-order valence-corrected chi connectivity index (χ4v) is 2.06. The molecule has 92 valence electrons. The predicted octanol–water partition coefficient (Wildman–Crippen LogP) is 3.38. The molecule has 0 aliphatic carbocycles. The van der Waals surface area contributed by atoms with E-state index in [9.17, 15) is 8.78 Å². The van der Waals surface area contributed by atoms with Crippen molar-refractivity contribution >= 4 is 11.0 Å². The highest BCUT2D eigenvalue weighted by Gasteiger charge is 2.19. The van der Waals surface area contributed by atoms with E-state index in [1.165, 1.54) is 0 Å². The van der Waals surface area contributed by atoms with Gasteiger partial charge in [-0.2, -0.15) is 0 Å². The SMILES string of the molecule is CCCc1c(CNC)oc2c(F)ccc(F)c12. The first-order valence-corrected chi connectivity index (χ1v) is 5.71. The van der Waals surface area contributed by atoms with Gasteiger partial charge in [0, 0.05) is 5.56 Å². The second kappa shape index (κ2) is 4.84. The largest absolute Gasteiger partial charge is 0.456 e. The highest BCUT2D eigenvalue weighted by molar-refractivity contribution is 5.83. The van der Waals surface area contributed by atoms with Gasteiger partial charge in [0.05, 0.1) is 11.9 Å². The summed E-state index contributed by atoms with van der Waals surface area (Å²) in [4.78, 5) is 0. The van der Waals surface area contributed by atoms with Crippen LogP contribution in [0.15, 0.2) is 16.5 Å². The van der Waals surface area contributed by atoms with Crippen LogP contribution >= 0.6 is 0 Å². The molecule has 0 bridgehead atoms. The molecule has 0 aliphatic rings. The zero-order valence-corrected chi connectivity index (χ0v) is 9.94. The summed E-state index contributed by atoms with van der Waals surface area (Å²) < 4.78 is 32.7. The molecule has 0 radical (unpaired) electrons. The summed E-state index contributed by atoms with van der Waals surface area (Å²) in [7, 11) is 1.77. The molecular formula is C13H15F2NO. The lowest BCUT2D eigenvalue weighted by molar-refractivity contribution is 0.500. The molecular weight excluding hydrogens is 224 g/mol. The van der Waals surface area contributed by atoms with Crippen LogP contribution in [0.3, 0.4) is 0 Å². The van der Waals surface area contributed by atoms with Crippen LogP contribution in [0.25, 0.3) is 11.0 Å². The maximum Gasteiger partial charge on any atom is 0.173 e. The van der Waals surface area contributed by atoms with Crippen LogP contribution in [0.4, 0.5) is 8.78 Å². The molecule has 1 N–H and O–H groups in total. The molecule has 0 atom stereocenters. The van der Waals surface area contributed by atoms with Gasteiger partial charge in [0.1, 0.15) is 11.6 Å². The number of fused-ring (bicyclic) bond motifs is 1. The van der Waals surface area contributed by atoms with Crippen molar-refractivity contribution in [2.75, 3.05) is 7.05 Å². The molecule has 0 saturated heterocycles. The first kappa shape index (κ1) is 12.0. The second-order valence-corrected chi connectivity index (χ2v) is 4.02. The zero-order valence-electron chi connectivity index (χ0n) is 9.94. The van der Waals surface area contributed by atoms with Crippen LogP contribution in [-0.2, 0) is 13.0 Å². The van der Waals surface area contributed by atoms with E-state index < -0.39 is 11.6 Å². The Bertz CT molecular complexity index is 534. The van der Waals surface area contributed by atoms with Gasteiger partial charge in [0.25, 0.3) is 0 Å². The van der Waals surface area contributed by atoms with Crippen LogP contribution in [0.1, 0.15) is 24.7 Å². The van der Waals surface area contributed by atoms with E-state index in [2.05, 4.69) is 5.32 Å². The van der Waals surface area contributed by atoms with E-state index in [1.807, 2.05) is 6.92 Å². The highest BCUT2D eigenvalue weighted by atomic mass is 19.1. The number of rotatable bonds is 4. The van der Waals surface area contributed by atoms with Crippen LogP contribution in [0.2, 0.25) is 0 Å². The summed E-state index contributed by atoms with van der Waals surface area (Å²) in [6, 6.07) is 2.25. The minimum absolute atomic E-state index is 0.0266. The smallest absolute Gasteiger partial charge is 0.173 e. The Morgan fingerprint density at radius 1 is 1.24 bits per heavy atom. The molecule has 2 nitrogen and oxygen atoms in total. The molecule has 2 aromatic rings. The summed E-state index contributed by atoms with van der Waals surface area (Å²) in [6.07, 6.45) is 1.55. The summed E-state index contributed by atoms with van der Waals surface area (Å²) in [6.45, 7) is 2.47. The lowest BCUT2D eigenvalue weighted by Crippen LogP contribution is -2.06. The standard InChI is InChI=1S/C13H15F2NO/c1-3-4-8-11(7-16-2)17-13-10(15)6-5-9(14)12(8)13/h5-6,16H,3-4,7H2,1-2H3. The molecule has 2 rings (SSSR count). The van der Waals surface area contributed by atoms with E-state index in [-0.39, 0.29) is 11.0 Å². The topological polar surface area (TPSA) is 25.2 Å². The van der Waals surface area contributed by atoms with Gasteiger partial charge in [0.15, 0.2) is 11.4 Å². The molecule has 17 heavy (non-hydrogen) atoms. The van der Waals surface area contributed by atoms with Crippen molar-refractivity contribution in [3.8, 4) is 0 Å². The molecule has 0 fully saturated rings. The van der Waals surface area contributed by atoms with Crippen LogP contribution < -0.4 is 5.32 Å². The minimum atomic E-state index is -0.513. The van der Waals surface area contributed by atoms with Gasteiger partial charge < -0.3 is 9.73 Å². The number of nitrogens with one attached hydrogen (secondary N) is 1. The Balaban J connectivity index is 2.70. The molecule has 0 amide bonds. The number of benzene rings is 1. The Kier molecular flexibility index (Phi) is 3.43. The first-order valence-electron chi connectivity index (χ1n) is 5.71. The predicted molar refractivity (Wildman–Crippen MR) is 62.9 cm³/mol. The molecule has 4 heteroatoms. The lowest BCUT2D eigenvalue weighted by Gasteiger charge is -2.00. The van der Waals surface area contributed by atoms with Gasteiger partial charge in [-0.3, -0.25) is 0 Å². The highest BCUT2D eigenvalue weighted by Crippen LogP contribution is 2.31. The number of aryl methyl sites for hydroxylation is 1. The van der Waals surface area contributed by atoms with Gasteiger partial charge in [-0.05, 0) is 25.6 Å². The monoisotopic (exact) mass is 239 g/mol. The number of furan rings is 1. The van der Waals surface area contributed by atoms with E-state index in [1.54, 1.807) is 7.05 Å². The molecule has 1 heterocycles. The fourth-order valence-electron chi connectivity index (χ4n) is 2.06. The fraction of sp³-hybridized carbons (Fsp3) is 0.385. The molecule has 0 spiro atoms. The summed E-state index contributed by atoms with van der Waals surface area (Å²) in [5.74, 6) is -0.314. The third kappa shape index (κ3) is 2.05. The van der Waals surface area contributed by atoms with E-state index in [0.717, 1.165) is 24.1 Å². The molecule has 1 aromatic carbocycles. The van der Waals surface area contributed by atoms with Crippen molar-refractivity contribution in [2.24, 2.45) is 0 Å². The Morgan fingerprint density at radius 3 is 2.59 bits per heavy atom. The summed E-state index contributed by atoms with van der Waals surface area (Å²) in [5.41, 5.74) is 0.799. The quantitative estimate of drug-likeness (QED) is 0.884. The van der Waals surface area contributed by atoms with Crippen molar-refractivity contribution in [1.29, 1.82) is 0 Å². The number of halogens is 2. The zero-order chi connectivity index (χ0) is 12.4. The molecule has 0 aliphatic heterocycles. The van der Waals surface area contributed by atoms with Crippen molar-refractivity contribution in [2.45, 2.75) is 26.3 Å². The summed E-state index contributed by atoms with van der Waals surface area (Å²) in [5, 5.41) is 3.23. The average Bonchev–Trinajstić information content (AvgIpc) is 2.66. The van der Waals surface area contributed by atoms with Crippen molar-refractivity contribution in [3.05, 3.63) is 35.1 Å². The normalized spacial score (nSPS) is 11.3. The molecule has 0 unspecified atom stereocenters. The van der Waals surface area contributed by atoms with Crippen molar-refractivity contribution in [3.63, 3.8) is 0 Å². The van der Waals surface area contributed by atoms with Gasteiger partial charge in [-0.15, -0.1) is 0 Å².